The number of ether oxygens (including phenoxy) is 1. The molecule has 1 spiro atoms. The number of carbonyl (C=O) groups excluding carboxylic acids is 1. The van der Waals surface area contributed by atoms with Crippen LogP contribution in [0.3, 0.4) is 0 Å². The predicted octanol–water partition coefficient (Wildman–Crippen LogP) is 5.18. The van der Waals surface area contributed by atoms with Gasteiger partial charge in [-0.15, -0.1) is 0 Å². The van der Waals surface area contributed by atoms with Crippen LogP contribution in [0, 0.1) is 0 Å². The fourth-order valence-corrected chi connectivity index (χ4v) is 4.79. The molecule has 1 heterocycles. The molecule has 1 saturated carbocycles. The molecule has 1 saturated heterocycles. The first-order valence-corrected chi connectivity index (χ1v) is 11.9. The van der Waals surface area contributed by atoms with Crippen LogP contribution in [0.2, 0.25) is 0 Å². The highest BCUT2D eigenvalue weighted by Gasteiger charge is 2.45. The summed E-state index contributed by atoms with van der Waals surface area (Å²) in [6, 6.07) is 17.3. The second-order valence-corrected chi connectivity index (χ2v) is 10.2. The summed E-state index contributed by atoms with van der Waals surface area (Å²) in [4.78, 5) is 16.6. The van der Waals surface area contributed by atoms with Crippen LogP contribution in [0.5, 0.6) is 0 Å². The summed E-state index contributed by atoms with van der Waals surface area (Å²) in [5.74, 6) is 0. The predicted molar refractivity (Wildman–Crippen MR) is 129 cm³/mol. The Bertz CT molecular complexity index is 932. The van der Waals surface area contributed by atoms with E-state index in [0.717, 1.165) is 44.3 Å². The Morgan fingerprint density at radius 1 is 1.03 bits per heavy atom. The van der Waals surface area contributed by atoms with Crippen molar-refractivity contribution in [3.8, 4) is 11.1 Å². The molecule has 0 atom stereocenters. The molecule has 5 nitrogen and oxygen atoms in total. The summed E-state index contributed by atoms with van der Waals surface area (Å²) in [6.07, 6.45) is 5.42. The van der Waals surface area contributed by atoms with Gasteiger partial charge in [-0.3, -0.25) is 9.80 Å². The highest BCUT2D eigenvalue weighted by molar-refractivity contribution is 5.71. The molecule has 2 aromatic carbocycles. The Morgan fingerprint density at radius 3 is 2.44 bits per heavy atom. The molecule has 0 aromatic heterocycles. The average Bonchev–Trinajstić information content (AvgIpc) is 3.08. The van der Waals surface area contributed by atoms with E-state index in [1.165, 1.54) is 23.1 Å². The molecular weight excluding hydrogens is 398 g/mol. The number of likely N-dealkylation sites (N-methyl/N-ethyl adjacent to an activating group) is 1. The highest BCUT2D eigenvalue weighted by atomic mass is 16.6. The second-order valence-electron chi connectivity index (χ2n) is 10.2. The van der Waals surface area contributed by atoms with Gasteiger partial charge in [0.25, 0.3) is 0 Å². The van der Waals surface area contributed by atoms with Crippen molar-refractivity contribution in [2.75, 3.05) is 20.1 Å². The van der Waals surface area contributed by atoms with Crippen LogP contribution >= 0.6 is 0 Å². The average molecular weight is 436 g/mol. The summed E-state index contributed by atoms with van der Waals surface area (Å²) in [5, 5.41) is 0. The third-order valence-corrected chi connectivity index (χ3v) is 7.35. The monoisotopic (exact) mass is 435 g/mol. The molecule has 4 rings (SSSR count). The maximum absolute atomic E-state index is 12.5. The maximum atomic E-state index is 12.5. The first-order chi connectivity index (χ1) is 15.3. The Hall–Kier alpha value is -2.37. The standard InChI is InChI=1S/C27H37N3O2/c1-26(2,19-28)29(3)17-22-8-7-9-24(16-22)23-12-10-21(11-13-23)18-30-20-27(32-25(30)31)14-5-4-6-15-27/h7-13,16H,4-6,14-15,17-20,28H2,1-3H3. The molecule has 1 aliphatic carbocycles. The van der Waals surface area contributed by atoms with Crippen molar-refractivity contribution < 1.29 is 9.53 Å². The van der Waals surface area contributed by atoms with Crippen molar-refractivity contribution in [1.29, 1.82) is 0 Å². The lowest BCUT2D eigenvalue weighted by molar-refractivity contribution is 0.0260. The zero-order valence-corrected chi connectivity index (χ0v) is 19.8. The van der Waals surface area contributed by atoms with Gasteiger partial charge in [0.05, 0.1) is 6.54 Å². The number of carbonyl (C=O) groups is 1. The summed E-state index contributed by atoms with van der Waals surface area (Å²) in [6.45, 7) is 7.15. The van der Waals surface area contributed by atoms with Gasteiger partial charge in [-0.2, -0.15) is 0 Å². The van der Waals surface area contributed by atoms with Crippen LogP contribution in [0.25, 0.3) is 11.1 Å². The van der Waals surface area contributed by atoms with Crippen LogP contribution in [0.1, 0.15) is 57.1 Å². The van der Waals surface area contributed by atoms with E-state index in [2.05, 4.69) is 74.3 Å². The molecule has 5 heteroatoms. The lowest BCUT2D eigenvalue weighted by Gasteiger charge is -2.34. The topological polar surface area (TPSA) is 58.8 Å². The SMILES string of the molecule is CN(Cc1cccc(-c2ccc(CN3CC4(CCCCC4)OC3=O)cc2)c1)C(C)(C)CN. The fraction of sp³-hybridized carbons (Fsp3) is 0.519. The minimum absolute atomic E-state index is 0.0371. The van der Waals surface area contributed by atoms with E-state index in [-0.39, 0.29) is 17.2 Å². The first-order valence-electron chi connectivity index (χ1n) is 11.9. The second kappa shape index (κ2) is 9.24. The summed E-state index contributed by atoms with van der Waals surface area (Å²) < 4.78 is 5.82. The molecular formula is C27H37N3O2. The number of benzene rings is 2. The van der Waals surface area contributed by atoms with Crippen molar-refractivity contribution in [1.82, 2.24) is 9.80 Å². The van der Waals surface area contributed by atoms with Gasteiger partial charge in [-0.05, 0) is 74.9 Å². The van der Waals surface area contributed by atoms with Crippen molar-refractivity contribution >= 4 is 6.09 Å². The molecule has 32 heavy (non-hydrogen) atoms. The number of nitrogens with zero attached hydrogens (tertiary/aromatic N) is 2. The Labute approximate surface area is 192 Å². The van der Waals surface area contributed by atoms with Gasteiger partial charge in [0.2, 0.25) is 0 Å². The van der Waals surface area contributed by atoms with E-state index in [1.807, 2.05) is 4.90 Å². The molecule has 0 bridgehead atoms. The lowest BCUT2D eigenvalue weighted by Crippen LogP contribution is -2.46. The van der Waals surface area contributed by atoms with Crippen LogP contribution in [-0.4, -0.2) is 47.2 Å². The van der Waals surface area contributed by atoms with Gasteiger partial charge < -0.3 is 10.5 Å². The highest BCUT2D eigenvalue weighted by Crippen LogP contribution is 2.37. The van der Waals surface area contributed by atoms with Gasteiger partial charge >= 0.3 is 6.09 Å². The van der Waals surface area contributed by atoms with E-state index in [4.69, 9.17) is 10.5 Å². The molecule has 1 aliphatic heterocycles. The molecule has 2 aromatic rings. The van der Waals surface area contributed by atoms with Crippen LogP contribution in [-0.2, 0) is 17.8 Å². The van der Waals surface area contributed by atoms with Gasteiger partial charge in [0.15, 0.2) is 0 Å². The molecule has 1 amide bonds. The fourth-order valence-electron chi connectivity index (χ4n) is 4.79. The van der Waals surface area contributed by atoms with Gasteiger partial charge in [0, 0.05) is 25.2 Å². The van der Waals surface area contributed by atoms with E-state index >= 15 is 0 Å². The summed E-state index contributed by atoms with van der Waals surface area (Å²) in [5.41, 5.74) is 10.5. The van der Waals surface area contributed by atoms with E-state index in [9.17, 15) is 4.79 Å². The zero-order chi connectivity index (χ0) is 22.8. The lowest BCUT2D eigenvalue weighted by atomic mass is 9.85. The molecule has 2 aliphatic rings. The minimum Gasteiger partial charge on any atom is -0.441 e. The molecule has 2 fully saturated rings. The van der Waals surface area contributed by atoms with Crippen LogP contribution < -0.4 is 5.73 Å². The number of amides is 1. The number of hydrogen-bond donors (Lipinski definition) is 1. The van der Waals surface area contributed by atoms with Crippen molar-refractivity contribution in [3.05, 3.63) is 59.7 Å². The van der Waals surface area contributed by atoms with E-state index < -0.39 is 0 Å². The summed E-state index contributed by atoms with van der Waals surface area (Å²) >= 11 is 0. The number of nitrogens with two attached hydrogens (primary N) is 1. The quantitative estimate of drug-likeness (QED) is 0.651. The summed E-state index contributed by atoms with van der Waals surface area (Å²) in [7, 11) is 2.12. The van der Waals surface area contributed by atoms with E-state index in [1.54, 1.807) is 0 Å². The van der Waals surface area contributed by atoms with Crippen LogP contribution in [0.4, 0.5) is 4.79 Å². The van der Waals surface area contributed by atoms with Crippen LogP contribution in [0.15, 0.2) is 48.5 Å². The van der Waals surface area contributed by atoms with Crippen molar-refractivity contribution in [2.45, 2.75) is 70.2 Å². The van der Waals surface area contributed by atoms with Crippen molar-refractivity contribution in [3.63, 3.8) is 0 Å². The number of rotatable bonds is 7. The largest absolute Gasteiger partial charge is 0.441 e. The molecule has 0 radical (unpaired) electrons. The van der Waals surface area contributed by atoms with E-state index in [0.29, 0.717) is 13.1 Å². The van der Waals surface area contributed by atoms with Gasteiger partial charge in [-0.25, -0.2) is 4.79 Å². The zero-order valence-electron chi connectivity index (χ0n) is 19.8. The Morgan fingerprint density at radius 2 is 1.75 bits per heavy atom. The van der Waals surface area contributed by atoms with Crippen molar-refractivity contribution in [2.24, 2.45) is 5.73 Å². The third-order valence-electron chi connectivity index (χ3n) is 7.35. The minimum atomic E-state index is -0.235. The molecule has 172 valence electrons. The Kier molecular flexibility index (Phi) is 6.59. The molecule has 0 unspecified atom stereocenters. The smallest absolute Gasteiger partial charge is 0.410 e. The normalized spacial score (nSPS) is 18.4. The van der Waals surface area contributed by atoms with Gasteiger partial charge in [-0.1, -0.05) is 48.9 Å². The third kappa shape index (κ3) is 5.00. The number of hydrogen-bond acceptors (Lipinski definition) is 4. The first kappa shape index (κ1) is 22.8. The maximum Gasteiger partial charge on any atom is 0.410 e. The Balaban J connectivity index is 1.41. The molecule has 2 N–H and O–H groups in total. The van der Waals surface area contributed by atoms with Gasteiger partial charge in [0.1, 0.15) is 5.60 Å².